The lowest BCUT2D eigenvalue weighted by Crippen LogP contribution is -2.60. The van der Waals surface area contributed by atoms with Gasteiger partial charge >= 0.3 is 0 Å². The molecule has 2 saturated heterocycles. The third-order valence-electron chi connectivity index (χ3n) is 5.54. The Kier molecular flexibility index (Phi) is 5.95. The van der Waals surface area contributed by atoms with Crippen molar-refractivity contribution < 1.29 is 4.79 Å². The molecule has 134 valence electrons. The lowest BCUT2D eigenvalue weighted by atomic mass is 9.79. The number of aryl methyl sites for hydroxylation is 1. The highest BCUT2D eigenvalue weighted by Gasteiger charge is 2.40. The van der Waals surface area contributed by atoms with Crippen LogP contribution in [-0.2, 0) is 4.79 Å². The van der Waals surface area contributed by atoms with Crippen LogP contribution in [0.1, 0.15) is 38.7 Å². The summed E-state index contributed by atoms with van der Waals surface area (Å²) in [6.07, 6.45) is 3.00. The maximum Gasteiger partial charge on any atom is 0.244 e. The van der Waals surface area contributed by atoms with Crippen molar-refractivity contribution in [3.05, 3.63) is 29.8 Å². The molecule has 2 unspecified atom stereocenters. The van der Waals surface area contributed by atoms with Crippen molar-refractivity contribution in [1.82, 2.24) is 4.90 Å². The molecule has 1 aromatic rings. The summed E-state index contributed by atoms with van der Waals surface area (Å²) in [5, 5.41) is 0. The molecule has 2 aliphatic heterocycles. The largest absolute Gasteiger partial charge is 0.327 e. The molecule has 0 radical (unpaired) electrons. The number of amides is 1. The third kappa shape index (κ3) is 3.76. The SMILES string of the molecule is Cc1ccc(N2CCCC(N3CCC(N)C(C)(C)C3)C2=O)cc1.Cl. The van der Waals surface area contributed by atoms with E-state index in [2.05, 4.69) is 49.9 Å². The van der Waals surface area contributed by atoms with Gasteiger partial charge in [0.25, 0.3) is 0 Å². The Morgan fingerprint density at radius 2 is 1.79 bits per heavy atom. The fourth-order valence-electron chi connectivity index (χ4n) is 3.86. The number of benzene rings is 1. The van der Waals surface area contributed by atoms with Crippen molar-refractivity contribution in [1.29, 1.82) is 0 Å². The van der Waals surface area contributed by atoms with E-state index in [-0.39, 0.29) is 35.8 Å². The molecule has 1 amide bonds. The molecule has 0 saturated carbocycles. The lowest BCUT2D eigenvalue weighted by Gasteiger charge is -2.47. The summed E-state index contributed by atoms with van der Waals surface area (Å²) >= 11 is 0. The van der Waals surface area contributed by atoms with Gasteiger partial charge in [-0.25, -0.2) is 0 Å². The van der Waals surface area contributed by atoms with E-state index in [1.807, 2.05) is 4.90 Å². The zero-order valence-corrected chi connectivity index (χ0v) is 15.8. The number of hydrogen-bond acceptors (Lipinski definition) is 3. The molecule has 0 bridgehead atoms. The van der Waals surface area contributed by atoms with Crippen LogP contribution in [0.2, 0.25) is 0 Å². The second kappa shape index (κ2) is 7.42. The zero-order valence-electron chi connectivity index (χ0n) is 15.0. The van der Waals surface area contributed by atoms with Gasteiger partial charge in [-0.1, -0.05) is 31.5 Å². The van der Waals surface area contributed by atoms with Crippen LogP contribution in [0.4, 0.5) is 5.69 Å². The third-order valence-corrected chi connectivity index (χ3v) is 5.54. The van der Waals surface area contributed by atoms with Gasteiger partial charge in [0.15, 0.2) is 0 Å². The predicted molar refractivity (Wildman–Crippen MR) is 102 cm³/mol. The Labute approximate surface area is 151 Å². The number of anilines is 1. The van der Waals surface area contributed by atoms with E-state index in [1.165, 1.54) is 5.56 Å². The molecule has 0 aromatic heterocycles. The minimum Gasteiger partial charge on any atom is -0.327 e. The number of hydrogen-bond donors (Lipinski definition) is 1. The molecule has 1 aromatic carbocycles. The first-order valence-corrected chi connectivity index (χ1v) is 8.76. The second-order valence-corrected chi connectivity index (χ2v) is 7.84. The highest BCUT2D eigenvalue weighted by Crippen LogP contribution is 2.32. The maximum absolute atomic E-state index is 13.1. The molecular formula is C19H30ClN3O. The van der Waals surface area contributed by atoms with E-state index in [0.29, 0.717) is 0 Å². The van der Waals surface area contributed by atoms with Crippen molar-refractivity contribution in [3.8, 4) is 0 Å². The van der Waals surface area contributed by atoms with E-state index >= 15 is 0 Å². The number of rotatable bonds is 2. The molecule has 0 aliphatic carbocycles. The Morgan fingerprint density at radius 3 is 2.42 bits per heavy atom. The molecule has 2 heterocycles. The van der Waals surface area contributed by atoms with Crippen LogP contribution in [0.5, 0.6) is 0 Å². The summed E-state index contributed by atoms with van der Waals surface area (Å²) in [7, 11) is 0. The molecule has 2 N–H and O–H groups in total. The summed E-state index contributed by atoms with van der Waals surface area (Å²) in [4.78, 5) is 17.4. The number of nitrogens with two attached hydrogens (primary N) is 1. The Hall–Kier alpha value is -1.10. The number of likely N-dealkylation sites (tertiary alicyclic amines) is 1. The van der Waals surface area contributed by atoms with Gasteiger partial charge in [0.2, 0.25) is 5.91 Å². The number of piperidine rings is 2. The predicted octanol–water partition coefficient (Wildman–Crippen LogP) is 2.97. The van der Waals surface area contributed by atoms with Gasteiger partial charge in [0.05, 0.1) is 6.04 Å². The van der Waals surface area contributed by atoms with Crippen molar-refractivity contribution in [2.75, 3.05) is 24.5 Å². The highest BCUT2D eigenvalue weighted by atomic mass is 35.5. The molecular weight excluding hydrogens is 322 g/mol. The summed E-state index contributed by atoms with van der Waals surface area (Å²) in [6, 6.07) is 8.52. The number of carbonyl (C=O) groups excluding carboxylic acids is 1. The molecule has 5 heteroatoms. The zero-order chi connectivity index (χ0) is 16.6. The normalized spacial score (nSPS) is 27.7. The average molecular weight is 352 g/mol. The highest BCUT2D eigenvalue weighted by molar-refractivity contribution is 5.98. The molecule has 0 spiro atoms. The maximum atomic E-state index is 13.1. The Morgan fingerprint density at radius 1 is 1.12 bits per heavy atom. The van der Waals surface area contributed by atoms with E-state index in [4.69, 9.17) is 5.73 Å². The first-order chi connectivity index (χ1) is 10.9. The van der Waals surface area contributed by atoms with E-state index in [0.717, 1.165) is 44.6 Å². The van der Waals surface area contributed by atoms with Gasteiger partial charge in [-0.05, 0) is 43.7 Å². The van der Waals surface area contributed by atoms with Gasteiger partial charge in [0.1, 0.15) is 0 Å². The molecule has 2 fully saturated rings. The summed E-state index contributed by atoms with van der Waals surface area (Å²) in [6.45, 7) is 9.18. The van der Waals surface area contributed by atoms with Crippen LogP contribution in [0.25, 0.3) is 0 Å². The van der Waals surface area contributed by atoms with Crippen LogP contribution < -0.4 is 10.6 Å². The smallest absolute Gasteiger partial charge is 0.244 e. The van der Waals surface area contributed by atoms with Crippen LogP contribution >= 0.6 is 12.4 Å². The summed E-state index contributed by atoms with van der Waals surface area (Å²) < 4.78 is 0. The molecule has 2 aliphatic rings. The average Bonchev–Trinajstić information content (AvgIpc) is 2.51. The molecule has 2 atom stereocenters. The fraction of sp³-hybridized carbons (Fsp3) is 0.632. The van der Waals surface area contributed by atoms with Gasteiger partial charge < -0.3 is 10.6 Å². The number of nitrogens with zero attached hydrogens (tertiary/aromatic N) is 2. The lowest BCUT2D eigenvalue weighted by molar-refractivity contribution is -0.126. The van der Waals surface area contributed by atoms with Crippen molar-refractivity contribution in [2.24, 2.45) is 11.1 Å². The Bertz CT molecular complexity index is 572. The van der Waals surface area contributed by atoms with Crippen molar-refractivity contribution in [3.63, 3.8) is 0 Å². The minimum absolute atomic E-state index is 0. The number of halogens is 1. The number of carbonyl (C=O) groups is 1. The van der Waals surface area contributed by atoms with Gasteiger partial charge in [0, 0.05) is 31.4 Å². The van der Waals surface area contributed by atoms with Crippen molar-refractivity contribution >= 4 is 24.0 Å². The first-order valence-electron chi connectivity index (χ1n) is 8.76. The standard InChI is InChI=1S/C19H29N3O.ClH/c1-14-6-8-15(9-7-14)22-11-4-5-16(18(22)23)21-12-10-17(20)19(2,3)13-21;/h6-9,16-17H,4-5,10-13,20H2,1-3H3;1H. The topological polar surface area (TPSA) is 49.6 Å². The van der Waals surface area contributed by atoms with E-state index in [9.17, 15) is 4.79 Å². The quantitative estimate of drug-likeness (QED) is 0.891. The van der Waals surface area contributed by atoms with Gasteiger partial charge in [-0.3, -0.25) is 9.69 Å². The van der Waals surface area contributed by atoms with Crippen LogP contribution in [0.15, 0.2) is 24.3 Å². The van der Waals surface area contributed by atoms with E-state index in [1.54, 1.807) is 0 Å². The van der Waals surface area contributed by atoms with E-state index < -0.39 is 0 Å². The second-order valence-electron chi connectivity index (χ2n) is 7.84. The van der Waals surface area contributed by atoms with Gasteiger partial charge in [-0.2, -0.15) is 0 Å². The molecule has 4 nitrogen and oxygen atoms in total. The van der Waals surface area contributed by atoms with Gasteiger partial charge in [-0.15, -0.1) is 12.4 Å². The van der Waals surface area contributed by atoms with Crippen LogP contribution in [-0.4, -0.2) is 42.5 Å². The van der Waals surface area contributed by atoms with Crippen molar-refractivity contribution in [2.45, 2.75) is 52.1 Å². The first kappa shape index (κ1) is 19.2. The minimum atomic E-state index is 0. The fourth-order valence-corrected chi connectivity index (χ4v) is 3.86. The summed E-state index contributed by atoms with van der Waals surface area (Å²) in [5.41, 5.74) is 8.57. The summed E-state index contributed by atoms with van der Waals surface area (Å²) in [5.74, 6) is 0.256. The Balaban J connectivity index is 0.00000208. The van der Waals surface area contributed by atoms with Crippen LogP contribution in [0, 0.1) is 12.3 Å². The monoisotopic (exact) mass is 351 g/mol. The molecule has 3 rings (SSSR count). The van der Waals surface area contributed by atoms with Crippen LogP contribution in [0.3, 0.4) is 0 Å². The molecule has 24 heavy (non-hydrogen) atoms.